The third-order valence-corrected chi connectivity index (χ3v) is 6.12. The summed E-state index contributed by atoms with van der Waals surface area (Å²) in [6.45, 7) is 12.7. The number of hydrogen-bond donors (Lipinski definition) is 2. The number of phenols is 1. The lowest BCUT2D eigenvalue weighted by molar-refractivity contribution is 0.00421. The summed E-state index contributed by atoms with van der Waals surface area (Å²) in [5.41, 5.74) is 1.26. The van der Waals surface area contributed by atoms with E-state index < -0.39 is 17.7 Å². The molecular formula is C29H40N2O5. The van der Waals surface area contributed by atoms with E-state index >= 15 is 0 Å². The number of rotatable bonds is 5. The average molecular weight is 497 g/mol. The molecule has 7 heteroatoms. The van der Waals surface area contributed by atoms with Crippen molar-refractivity contribution >= 4 is 12.0 Å². The molecule has 2 atom stereocenters. The van der Waals surface area contributed by atoms with Crippen LogP contribution in [0.15, 0.2) is 48.5 Å². The van der Waals surface area contributed by atoms with E-state index in [1.165, 1.54) is 0 Å². The highest BCUT2D eigenvalue weighted by Gasteiger charge is 2.33. The van der Waals surface area contributed by atoms with E-state index in [4.69, 9.17) is 9.47 Å². The first kappa shape index (κ1) is 27.5. The van der Waals surface area contributed by atoms with Gasteiger partial charge in [-0.1, -0.05) is 51.1 Å². The minimum absolute atomic E-state index is 0.161. The Hall–Kier alpha value is -3.06. The standard InChI is InChI=1S/C29H40N2O5/c1-28(2,3)22-17-21(14-15-24(22)32)26(33)30-23-18-31(27(34)36-29(4,5)6)16-10-13-25(23)35-19-20-11-8-7-9-12-20/h7-9,11-12,14-15,17,23,25,32H,10,13,16,18-19H2,1-6H3,(H,30,33)/t23-,25-/m1/s1. The van der Waals surface area contributed by atoms with Crippen LogP contribution in [0.25, 0.3) is 0 Å². The van der Waals surface area contributed by atoms with Crippen molar-refractivity contribution in [1.82, 2.24) is 10.2 Å². The maximum atomic E-state index is 13.4. The van der Waals surface area contributed by atoms with Gasteiger partial charge in [-0.25, -0.2) is 4.79 Å². The van der Waals surface area contributed by atoms with Gasteiger partial charge in [-0.2, -0.15) is 0 Å². The molecular weight excluding hydrogens is 456 g/mol. The lowest BCUT2D eigenvalue weighted by Crippen LogP contribution is -2.51. The molecule has 2 N–H and O–H groups in total. The van der Waals surface area contributed by atoms with E-state index in [0.717, 1.165) is 12.0 Å². The van der Waals surface area contributed by atoms with Crippen LogP contribution in [-0.2, 0) is 21.5 Å². The molecule has 7 nitrogen and oxygen atoms in total. The molecule has 0 aliphatic carbocycles. The largest absolute Gasteiger partial charge is 0.508 e. The van der Waals surface area contributed by atoms with E-state index in [1.807, 2.05) is 71.9 Å². The summed E-state index contributed by atoms with van der Waals surface area (Å²) in [6.07, 6.45) is 0.754. The molecule has 2 aromatic rings. The predicted octanol–water partition coefficient (Wildman–Crippen LogP) is 5.40. The molecule has 36 heavy (non-hydrogen) atoms. The Labute approximate surface area is 214 Å². The van der Waals surface area contributed by atoms with Crippen molar-refractivity contribution in [3.63, 3.8) is 0 Å². The zero-order valence-corrected chi connectivity index (χ0v) is 22.3. The third-order valence-electron chi connectivity index (χ3n) is 6.12. The first-order chi connectivity index (χ1) is 16.8. The second-order valence-electron chi connectivity index (χ2n) is 11.5. The lowest BCUT2D eigenvalue weighted by atomic mass is 9.85. The van der Waals surface area contributed by atoms with Crippen LogP contribution in [0.5, 0.6) is 5.75 Å². The first-order valence-electron chi connectivity index (χ1n) is 12.6. The molecule has 1 fully saturated rings. The third kappa shape index (κ3) is 7.72. The highest BCUT2D eigenvalue weighted by atomic mass is 16.6. The normalized spacial score (nSPS) is 18.9. The van der Waals surface area contributed by atoms with Crippen molar-refractivity contribution in [3.05, 3.63) is 65.2 Å². The zero-order chi connectivity index (χ0) is 26.5. The van der Waals surface area contributed by atoms with Crippen LogP contribution in [0, 0.1) is 0 Å². The van der Waals surface area contributed by atoms with Crippen LogP contribution < -0.4 is 5.32 Å². The van der Waals surface area contributed by atoms with E-state index in [1.54, 1.807) is 23.1 Å². The molecule has 0 saturated carbocycles. The number of likely N-dealkylation sites (tertiary alicyclic amines) is 1. The maximum absolute atomic E-state index is 13.4. The molecule has 0 unspecified atom stereocenters. The van der Waals surface area contributed by atoms with Crippen LogP contribution in [0.3, 0.4) is 0 Å². The topological polar surface area (TPSA) is 88.1 Å². The Morgan fingerprint density at radius 1 is 1.06 bits per heavy atom. The highest BCUT2D eigenvalue weighted by Crippen LogP contribution is 2.31. The molecule has 0 radical (unpaired) electrons. The molecule has 2 aromatic carbocycles. The van der Waals surface area contributed by atoms with Crippen LogP contribution in [0.4, 0.5) is 4.79 Å². The monoisotopic (exact) mass is 496 g/mol. The number of hydrogen-bond acceptors (Lipinski definition) is 5. The quantitative estimate of drug-likeness (QED) is 0.578. The predicted molar refractivity (Wildman–Crippen MR) is 140 cm³/mol. The molecule has 0 aromatic heterocycles. The Morgan fingerprint density at radius 3 is 2.39 bits per heavy atom. The number of nitrogens with one attached hydrogen (secondary N) is 1. The number of nitrogens with zero attached hydrogens (tertiary/aromatic N) is 1. The molecule has 3 rings (SSSR count). The van der Waals surface area contributed by atoms with Gasteiger partial charge in [0.1, 0.15) is 11.4 Å². The SMILES string of the molecule is CC(C)(C)OC(=O)N1CCC[C@@H](OCc2ccccc2)[C@H](NC(=O)c2ccc(O)c(C(C)(C)C)c2)C1. The first-order valence-corrected chi connectivity index (χ1v) is 12.6. The van der Waals surface area contributed by atoms with Crippen molar-refractivity contribution in [2.24, 2.45) is 0 Å². The Balaban J connectivity index is 1.82. The van der Waals surface area contributed by atoms with Gasteiger partial charge in [-0.15, -0.1) is 0 Å². The van der Waals surface area contributed by atoms with Gasteiger partial charge in [0, 0.05) is 24.2 Å². The van der Waals surface area contributed by atoms with Gasteiger partial charge in [-0.05, 0) is 62.8 Å². The fourth-order valence-corrected chi connectivity index (χ4v) is 4.27. The van der Waals surface area contributed by atoms with Gasteiger partial charge < -0.3 is 24.8 Å². The molecule has 1 aliphatic heterocycles. The van der Waals surface area contributed by atoms with Crippen molar-refractivity contribution in [2.45, 2.75) is 84.2 Å². The number of aromatic hydroxyl groups is 1. The summed E-state index contributed by atoms with van der Waals surface area (Å²) >= 11 is 0. The van der Waals surface area contributed by atoms with Gasteiger partial charge in [0.25, 0.3) is 5.91 Å². The highest BCUT2D eigenvalue weighted by molar-refractivity contribution is 5.95. The second-order valence-corrected chi connectivity index (χ2v) is 11.5. The van der Waals surface area contributed by atoms with Crippen molar-refractivity contribution in [1.29, 1.82) is 0 Å². The second kappa shape index (κ2) is 11.3. The average Bonchev–Trinajstić information content (AvgIpc) is 2.99. The van der Waals surface area contributed by atoms with E-state index in [-0.39, 0.29) is 29.7 Å². The zero-order valence-electron chi connectivity index (χ0n) is 22.3. The van der Waals surface area contributed by atoms with Gasteiger partial charge in [0.2, 0.25) is 0 Å². The van der Waals surface area contributed by atoms with Crippen molar-refractivity contribution < 1.29 is 24.2 Å². The summed E-state index contributed by atoms with van der Waals surface area (Å²) in [5, 5.41) is 13.4. The van der Waals surface area contributed by atoms with Gasteiger partial charge >= 0.3 is 6.09 Å². The molecule has 1 heterocycles. The molecule has 196 valence electrons. The smallest absolute Gasteiger partial charge is 0.410 e. The van der Waals surface area contributed by atoms with Crippen molar-refractivity contribution in [2.75, 3.05) is 13.1 Å². The molecule has 0 spiro atoms. The number of ether oxygens (including phenoxy) is 2. The number of benzene rings is 2. The van der Waals surface area contributed by atoms with E-state index in [2.05, 4.69) is 5.32 Å². The summed E-state index contributed by atoms with van der Waals surface area (Å²) in [4.78, 5) is 27.9. The summed E-state index contributed by atoms with van der Waals surface area (Å²) in [6, 6.07) is 14.4. The van der Waals surface area contributed by atoms with Gasteiger partial charge in [0.05, 0.1) is 18.8 Å². The molecule has 2 amide bonds. The number of amides is 2. The lowest BCUT2D eigenvalue weighted by Gasteiger charge is -2.31. The van der Waals surface area contributed by atoms with E-state index in [0.29, 0.717) is 30.7 Å². The Morgan fingerprint density at radius 2 is 1.75 bits per heavy atom. The van der Waals surface area contributed by atoms with E-state index in [9.17, 15) is 14.7 Å². The summed E-state index contributed by atoms with van der Waals surface area (Å²) in [5.74, 6) is -0.112. The fraction of sp³-hybridized carbons (Fsp3) is 0.517. The van der Waals surface area contributed by atoms with Crippen LogP contribution in [-0.4, -0.2) is 52.8 Å². The number of phenolic OH excluding ortho intramolecular Hbond substituents is 1. The Kier molecular flexibility index (Phi) is 8.67. The summed E-state index contributed by atoms with van der Waals surface area (Å²) < 4.78 is 11.9. The van der Waals surface area contributed by atoms with Gasteiger partial charge in [-0.3, -0.25) is 4.79 Å². The van der Waals surface area contributed by atoms with Crippen LogP contribution in [0.2, 0.25) is 0 Å². The van der Waals surface area contributed by atoms with Crippen LogP contribution in [0.1, 0.15) is 75.9 Å². The number of carbonyl (C=O) groups excluding carboxylic acids is 2. The van der Waals surface area contributed by atoms with Crippen molar-refractivity contribution in [3.8, 4) is 5.75 Å². The maximum Gasteiger partial charge on any atom is 0.410 e. The molecule has 1 saturated heterocycles. The minimum atomic E-state index is -0.610. The molecule has 1 aliphatic rings. The molecule has 0 bridgehead atoms. The minimum Gasteiger partial charge on any atom is -0.508 e. The number of carbonyl (C=O) groups is 2. The van der Waals surface area contributed by atoms with Crippen LogP contribution >= 0.6 is 0 Å². The fourth-order valence-electron chi connectivity index (χ4n) is 4.27. The van der Waals surface area contributed by atoms with Gasteiger partial charge in [0.15, 0.2) is 0 Å². The summed E-state index contributed by atoms with van der Waals surface area (Å²) in [7, 11) is 0. The Bertz CT molecular complexity index is 1040.